The topological polar surface area (TPSA) is 0 Å². The van der Waals surface area contributed by atoms with Crippen LogP contribution >= 0.6 is 34.4 Å². The van der Waals surface area contributed by atoms with E-state index in [1.807, 2.05) is 34.4 Å². The van der Waals surface area contributed by atoms with Gasteiger partial charge in [-0.3, -0.25) is 0 Å². The third kappa shape index (κ3) is 2.93. The van der Waals surface area contributed by atoms with Crippen molar-refractivity contribution < 1.29 is 0 Å². The van der Waals surface area contributed by atoms with Gasteiger partial charge >= 0.3 is 0 Å². The molecule has 0 radical (unpaired) electrons. The lowest BCUT2D eigenvalue weighted by atomic mass is 9.94. The molecule has 0 spiro atoms. The van der Waals surface area contributed by atoms with Crippen molar-refractivity contribution >= 4 is 65.4 Å². The molecule has 3 heteroatoms. The molecule has 0 atom stereocenters. The summed E-state index contributed by atoms with van der Waals surface area (Å²) in [5.74, 6) is 0. The smallest absolute Gasteiger partial charge is 0.0441 e. The fourth-order valence-corrected chi connectivity index (χ4v) is 8.87. The first-order chi connectivity index (χ1) is 17.3. The molecule has 2 aromatic heterocycles. The Morgan fingerprint density at radius 3 is 2.06 bits per heavy atom. The van der Waals surface area contributed by atoms with Crippen LogP contribution in [0, 0.1) is 0 Å². The maximum atomic E-state index is 2.32. The Labute approximate surface area is 215 Å². The second kappa shape index (κ2) is 7.56. The minimum atomic E-state index is 1.32. The van der Waals surface area contributed by atoms with Crippen LogP contribution in [-0.2, 0) is 0 Å². The molecule has 0 nitrogen and oxygen atoms in total. The Kier molecular flexibility index (Phi) is 4.30. The van der Waals surface area contributed by atoms with Gasteiger partial charge in [0.1, 0.15) is 0 Å². The van der Waals surface area contributed by atoms with Crippen LogP contribution in [0.1, 0.15) is 0 Å². The SMILES string of the molecule is c1ccc2c(c1)Sc1ccc(-c3ccc(-c4cccc5c4sc4ccccc45)s3)c3cccc-2c13. The Hall–Kier alpha value is -3.37. The van der Waals surface area contributed by atoms with E-state index in [4.69, 9.17) is 0 Å². The van der Waals surface area contributed by atoms with Crippen LogP contribution in [0.2, 0.25) is 0 Å². The van der Waals surface area contributed by atoms with Crippen molar-refractivity contribution in [2.45, 2.75) is 9.79 Å². The molecule has 1 aliphatic rings. The first-order valence-corrected chi connectivity index (χ1v) is 14.1. The molecule has 0 amide bonds. The Morgan fingerprint density at radius 2 is 1.11 bits per heavy atom. The minimum absolute atomic E-state index is 1.32. The average molecular weight is 499 g/mol. The van der Waals surface area contributed by atoms with E-state index in [-0.39, 0.29) is 0 Å². The molecule has 0 saturated heterocycles. The second-order valence-corrected chi connectivity index (χ2v) is 12.1. The molecule has 0 N–H and O–H groups in total. The number of fused-ring (bicyclic) bond motifs is 5. The van der Waals surface area contributed by atoms with Gasteiger partial charge in [0.25, 0.3) is 0 Å². The fraction of sp³-hybridized carbons (Fsp3) is 0. The normalized spacial score (nSPS) is 12.5. The maximum Gasteiger partial charge on any atom is 0.0441 e. The van der Waals surface area contributed by atoms with Gasteiger partial charge in [0.2, 0.25) is 0 Å². The quantitative estimate of drug-likeness (QED) is 0.228. The third-order valence-electron chi connectivity index (χ3n) is 6.94. The summed E-state index contributed by atoms with van der Waals surface area (Å²) in [6.07, 6.45) is 0. The van der Waals surface area contributed by atoms with Crippen molar-refractivity contribution in [3.05, 3.63) is 109 Å². The maximum absolute atomic E-state index is 2.32. The van der Waals surface area contributed by atoms with Crippen molar-refractivity contribution in [3.8, 4) is 32.0 Å². The number of thiophene rings is 2. The van der Waals surface area contributed by atoms with Gasteiger partial charge < -0.3 is 0 Å². The molecular weight excluding hydrogens is 481 g/mol. The fourth-order valence-electron chi connectivity index (χ4n) is 5.36. The Morgan fingerprint density at radius 1 is 0.400 bits per heavy atom. The number of hydrogen-bond donors (Lipinski definition) is 0. The summed E-state index contributed by atoms with van der Waals surface area (Å²) in [5, 5.41) is 5.44. The first kappa shape index (κ1) is 19.9. The van der Waals surface area contributed by atoms with E-state index in [9.17, 15) is 0 Å². The van der Waals surface area contributed by atoms with Crippen LogP contribution in [0.3, 0.4) is 0 Å². The summed E-state index contributed by atoms with van der Waals surface area (Å²) in [6.45, 7) is 0. The van der Waals surface area contributed by atoms with Crippen LogP contribution in [0.5, 0.6) is 0 Å². The van der Waals surface area contributed by atoms with E-state index >= 15 is 0 Å². The zero-order valence-electron chi connectivity index (χ0n) is 18.6. The molecule has 7 aromatic rings. The highest BCUT2D eigenvalue weighted by Crippen LogP contribution is 2.50. The van der Waals surface area contributed by atoms with Gasteiger partial charge in [0, 0.05) is 50.7 Å². The highest BCUT2D eigenvalue weighted by atomic mass is 32.2. The van der Waals surface area contributed by atoms with E-state index in [1.165, 1.54) is 72.7 Å². The second-order valence-electron chi connectivity index (χ2n) is 8.88. The lowest BCUT2D eigenvalue weighted by molar-refractivity contribution is 1.40. The molecule has 35 heavy (non-hydrogen) atoms. The van der Waals surface area contributed by atoms with Crippen LogP contribution in [0.4, 0.5) is 0 Å². The van der Waals surface area contributed by atoms with Crippen molar-refractivity contribution in [2.24, 2.45) is 0 Å². The summed E-state index contributed by atoms with van der Waals surface area (Å²) < 4.78 is 2.74. The summed E-state index contributed by atoms with van der Waals surface area (Å²) in [7, 11) is 0. The summed E-state index contributed by atoms with van der Waals surface area (Å²) in [4.78, 5) is 5.35. The lowest BCUT2D eigenvalue weighted by Crippen LogP contribution is -1.93. The van der Waals surface area contributed by atoms with Gasteiger partial charge in [0.15, 0.2) is 0 Å². The van der Waals surface area contributed by atoms with Crippen LogP contribution in [0.25, 0.3) is 63.0 Å². The van der Waals surface area contributed by atoms with E-state index in [0.29, 0.717) is 0 Å². The highest BCUT2D eigenvalue weighted by molar-refractivity contribution is 7.99. The van der Waals surface area contributed by atoms with Crippen molar-refractivity contribution in [2.75, 3.05) is 0 Å². The van der Waals surface area contributed by atoms with E-state index in [0.717, 1.165) is 0 Å². The van der Waals surface area contributed by atoms with Crippen LogP contribution in [-0.4, -0.2) is 0 Å². The van der Waals surface area contributed by atoms with E-state index in [2.05, 4.69) is 109 Å². The zero-order valence-corrected chi connectivity index (χ0v) is 21.1. The largest absolute Gasteiger partial charge is 0.135 e. The Balaban J connectivity index is 1.31. The molecule has 0 aliphatic carbocycles. The molecule has 0 bridgehead atoms. The van der Waals surface area contributed by atoms with Crippen LogP contribution < -0.4 is 0 Å². The summed E-state index contributed by atoms with van der Waals surface area (Å²) in [6, 6.07) is 40.3. The number of rotatable bonds is 2. The summed E-state index contributed by atoms with van der Waals surface area (Å²) in [5.41, 5.74) is 5.36. The molecule has 1 aliphatic heterocycles. The Bertz CT molecular complexity index is 1940. The molecule has 0 saturated carbocycles. The monoisotopic (exact) mass is 498 g/mol. The first-order valence-electron chi connectivity index (χ1n) is 11.7. The minimum Gasteiger partial charge on any atom is -0.135 e. The van der Waals surface area contributed by atoms with Gasteiger partial charge in [-0.05, 0) is 52.4 Å². The van der Waals surface area contributed by atoms with E-state index in [1.54, 1.807) is 0 Å². The van der Waals surface area contributed by atoms with Gasteiger partial charge in [0.05, 0.1) is 0 Å². The van der Waals surface area contributed by atoms with Crippen LogP contribution in [0.15, 0.2) is 119 Å². The molecule has 5 aromatic carbocycles. The molecule has 8 rings (SSSR count). The van der Waals surface area contributed by atoms with Gasteiger partial charge in [-0.15, -0.1) is 22.7 Å². The third-order valence-corrected chi connectivity index (χ3v) is 10.4. The molecular formula is C32H18S3. The predicted octanol–water partition coefficient (Wildman–Crippen LogP) is 10.7. The zero-order chi connectivity index (χ0) is 22.9. The average Bonchev–Trinajstić information content (AvgIpc) is 3.54. The van der Waals surface area contributed by atoms with Crippen molar-refractivity contribution in [1.29, 1.82) is 0 Å². The number of hydrogen-bond acceptors (Lipinski definition) is 3. The van der Waals surface area contributed by atoms with Crippen molar-refractivity contribution in [1.82, 2.24) is 0 Å². The van der Waals surface area contributed by atoms with Gasteiger partial charge in [-0.25, -0.2) is 0 Å². The molecule has 164 valence electrons. The molecule has 0 fully saturated rings. The standard InChI is InChI=1S/C32H18S3/c1-3-13-26-19(7-1)22-9-5-10-23-21(15-16-30(34-26)31(22)23)28-17-18-29(33-28)25-12-6-11-24-20-8-2-4-14-27(20)35-32(24)25/h1-18H. The number of benzene rings is 5. The highest BCUT2D eigenvalue weighted by Gasteiger charge is 2.21. The van der Waals surface area contributed by atoms with Crippen molar-refractivity contribution in [3.63, 3.8) is 0 Å². The molecule has 3 heterocycles. The van der Waals surface area contributed by atoms with Gasteiger partial charge in [-0.2, -0.15) is 0 Å². The molecule has 0 unspecified atom stereocenters. The van der Waals surface area contributed by atoms with Gasteiger partial charge in [-0.1, -0.05) is 90.6 Å². The van der Waals surface area contributed by atoms with E-state index < -0.39 is 0 Å². The predicted molar refractivity (Wildman–Crippen MR) is 155 cm³/mol. The lowest BCUT2D eigenvalue weighted by Gasteiger charge is -2.21. The summed E-state index contributed by atoms with van der Waals surface area (Å²) >= 11 is 5.69.